The highest BCUT2D eigenvalue weighted by Crippen LogP contribution is 2.30. The molecular weight excluding hydrogens is 424 g/mol. The maximum absolute atomic E-state index is 12.6. The second-order valence-electron chi connectivity index (χ2n) is 7.37. The first-order valence-corrected chi connectivity index (χ1v) is 12.5. The number of thiazole rings is 1. The average Bonchev–Trinajstić information content (AvgIpc) is 3.10. The van der Waals surface area contributed by atoms with Gasteiger partial charge in [-0.1, -0.05) is 6.42 Å². The van der Waals surface area contributed by atoms with Gasteiger partial charge in [-0.15, -0.1) is 34.4 Å². The van der Waals surface area contributed by atoms with Gasteiger partial charge < -0.3 is 10.3 Å². The Labute approximate surface area is 181 Å². The Morgan fingerprint density at radius 2 is 2.00 bits per heavy atom. The summed E-state index contributed by atoms with van der Waals surface area (Å²) in [5.74, 6) is 1.02. The molecule has 0 bridgehead atoms. The van der Waals surface area contributed by atoms with Crippen molar-refractivity contribution in [2.24, 2.45) is 0 Å². The average molecular weight is 449 g/mol. The summed E-state index contributed by atoms with van der Waals surface area (Å²) in [6.07, 6.45) is 5.71. The lowest BCUT2D eigenvalue weighted by atomic mass is 10.2. The summed E-state index contributed by atoms with van der Waals surface area (Å²) in [5, 5.41) is 4.07. The van der Waals surface area contributed by atoms with Gasteiger partial charge in [-0.2, -0.15) is 0 Å². The maximum atomic E-state index is 12.6. The number of thiophene rings is 1. The molecule has 0 spiro atoms. The highest BCUT2D eigenvalue weighted by atomic mass is 32.2. The van der Waals surface area contributed by atoms with Crippen LogP contribution in [0, 0.1) is 13.8 Å². The third kappa shape index (κ3) is 4.41. The molecule has 0 saturated heterocycles. The van der Waals surface area contributed by atoms with E-state index in [1.54, 1.807) is 11.3 Å². The molecule has 0 radical (unpaired) electrons. The van der Waals surface area contributed by atoms with Crippen LogP contribution < -0.4 is 10.9 Å². The number of nitrogens with one attached hydrogen (secondary N) is 2. The molecule has 1 atom stereocenters. The lowest BCUT2D eigenvalue weighted by Crippen LogP contribution is -2.23. The summed E-state index contributed by atoms with van der Waals surface area (Å²) in [7, 11) is 0. The van der Waals surface area contributed by atoms with Gasteiger partial charge in [0, 0.05) is 9.75 Å². The maximum Gasteiger partial charge on any atom is 0.259 e. The Hall–Kier alpha value is -1.71. The van der Waals surface area contributed by atoms with Gasteiger partial charge in [0.2, 0.25) is 5.91 Å². The zero-order chi connectivity index (χ0) is 20.5. The van der Waals surface area contributed by atoms with Crippen LogP contribution in [0.1, 0.15) is 53.0 Å². The number of aryl methyl sites for hydroxylation is 4. The first-order chi connectivity index (χ1) is 13.9. The number of rotatable bonds is 5. The van der Waals surface area contributed by atoms with Crippen LogP contribution in [-0.2, 0) is 23.4 Å². The molecule has 1 unspecified atom stereocenters. The molecule has 4 rings (SSSR count). The molecule has 0 aromatic carbocycles. The molecule has 6 nitrogen and oxygen atoms in total. The van der Waals surface area contributed by atoms with Crippen LogP contribution in [0.4, 0.5) is 5.13 Å². The second kappa shape index (κ2) is 8.57. The van der Waals surface area contributed by atoms with E-state index in [4.69, 9.17) is 0 Å². The predicted octanol–water partition coefficient (Wildman–Crippen LogP) is 4.59. The van der Waals surface area contributed by atoms with Crippen molar-refractivity contribution in [3.63, 3.8) is 0 Å². The second-order valence-corrected chi connectivity index (χ2v) is 11.0. The van der Waals surface area contributed by atoms with Gasteiger partial charge in [0.25, 0.3) is 5.56 Å². The molecule has 3 aromatic rings. The van der Waals surface area contributed by atoms with Crippen molar-refractivity contribution in [3.05, 3.63) is 37.2 Å². The smallest absolute Gasteiger partial charge is 0.259 e. The van der Waals surface area contributed by atoms with Crippen molar-refractivity contribution >= 4 is 55.7 Å². The molecule has 29 heavy (non-hydrogen) atoms. The SMILES string of the molecule is Cc1sc2nc(CSC(C)C(=O)Nc3nc4c(s3)CCCCC4)[nH]c(=O)c2c1C. The van der Waals surface area contributed by atoms with Gasteiger partial charge in [-0.05, 0) is 52.0 Å². The van der Waals surface area contributed by atoms with E-state index in [1.807, 2.05) is 20.8 Å². The minimum absolute atomic E-state index is 0.0647. The van der Waals surface area contributed by atoms with Crippen LogP contribution in [0.15, 0.2) is 4.79 Å². The largest absolute Gasteiger partial charge is 0.309 e. The highest BCUT2D eigenvalue weighted by Gasteiger charge is 2.19. The van der Waals surface area contributed by atoms with Gasteiger partial charge in [0.1, 0.15) is 10.7 Å². The number of H-pyrrole nitrogens is 1. The van der Waals surface area contributed by atoms with E-state index >= 15 is 0 Å². The summed E-state index contributed by atoms with van der Waals surface area (Å²) in [4.78, 5) is 40.2. The van der Waals surface area contributed by atoms with Crippen LogP contribution in [0.25, 0.3) is 10.2 Å². The fraction of sp³-hybridized carbons (Fsp3) is 0.500. The first-order valence-electron chi connectivity index (χ1n) is 9.82. The minimum atomic E-state index is -0.272. The summed E-state index contributed by atoms with van der Waals surface area (Å²) in [6.45, 7) is 5.82. The Balaban J connectivity index is 1.39. The summed E-state index contributed by atoms with van der Waals surface area (Å²) >= 11 is 4.60. The topological polar surface area (TPSA) is 87.7 Å². The van der Waals surface area contributed by atoms with Gasteiger partial charge in [0.05, 0.1) is 22.1 Å². The van der Waals surface area contributed by atoms with Crippen molar-refractivity contribution in [2.45, 2.75) is 63.9 Å². The quantitative estimate of drug-likeness (QED) is 0.558. The van der Waals surface area contributed by atoms with Crippen LogP contribution in [0.3, 0.4) is 0 Å². The van der Waals surface area contributed by atoms with Crippen molar-refractivity contribution < 1.29 is 4.79 Å². The van der Waals surface area contributed by atoms with Crippen LogP contribution >= 0.6 is 34.4 Å². The van der Waals surface area contributed by atoms with Crippen molar-refractivity contribution in [3.8, 4) is 0 Å². The monoisotopic (exact) mass is 448 g/mol. The molecule has 3 aromatic heterocycles. The summed E-state index contributed by atoms with van der Waals surface area (Å²) in [5.41, 5.74) is 2.04. The number of hydrogen-bond donors (Lipinski definition) is 2. The van der Waals surface area contributed by atoms with Gasteiger partial charge in [-0.25, -0.2) is 9.97 Å². The Morgan fingerprint density at radius 1 is 1.21 bits per heavy atom. The number of amides is 1. The van der Waals surface area contributed by atoms with Crippen molar-refractivity contribution in [2.75, 3.05) is 5.32 Å². The molecule has 154 valence electrons. The number of fused-ring (bicyclic) bond motifs is 2. The third-order valence-corrected chi connectivity index (χ3v) is 8.58. The molecule has 3 heterocycles. The fourth-order valence-corrected chi connectivity index (χ4v) is 6.29. The molecule has 1 aliphatic rings. The fourth-order valence-electron chi connectivity index (χ4n) is 3.44. The van der Waals surface area contributed by atoms with Gasteiger partial charge in [0.15, 0.2) is 5.13 Å². The highest BCUT2D eigenvalue weighted by molar-refractivity contribution is 7.99. The van der Waals surface area contributed by atoms with E-state index in [9.17, 15) is 9.59 Å². The van der Waals surface area contributed by atoms with Gasteiger partial charge in [-0.3, -0.25) is 9.59 Å². The van der Waals surface area contributed by atoms with E-state index in [1.165, 1.54) is 47.2 Å². The number of thioether (sulfide) groups is 1. The van der Waals surface area contributed by atoms with E-state index in [0.29, 0.717) is 22.1 Å². The molecule has 1 aliphatic carbocycles. The number of anilines is 1. The summed E-state index contributed by atoms with van der Waals surface area (Å²) < 4.78 is 0. The normalized spacial score (nSPS) is 15.1. The molecular formula is C20H24N4O2S3. The number of aromatic nitrogens is 3. The Morgan fingerprint density at radius 3 is 2.83 bits per heavy atom. The van der Waals surface area contributed by atoms with Crippen molar-refractivity contribution in [1.82, 2.24) is 15.0 Å². The first kappa shape index (κ1) is 20.6. The van der Waals surface area contributed by atoms with Crippen LogP contribution in [0.2, 0.25) is 0 Å². The lowest BCUT2D eigenvalue weighted by molar-refractivity contribution is -0.115. The van der Waals surface area contributed by atoms with Gasteiger partial charge >= 0.3 is 0 Å². The number of carbonyl (C=O) groups is 1. The van der Waals surface area contributed by atoms with E-state index in [2.05, 4.69) is 20.3 Å². The number of carbonyl (C=O) groups excluding carboxylic acids is 1. The minimum Gasteiger partial charge on any atom is -0.309 e. The standard InChI is InChI=1S/C20H24N4O2S3/c1-10-11(2)28-19-16(10)18(26)22-15(23-19)9-27-12(3)17(25)24-20-21-13-7-5-4-6-8-14(13)29-20/h12H,4-9H2,1-3H3,(H,21,24,25)(H,22,23,26). The number of nitrogens with zero attached hydrogens (tertiary/aromatic N) is 2. The van der Waals surface area contributed by atoms with E-state index in [-0.39, 0.29) is 16.7 Å². The van der Waals surface area contributed by atoms with E-state index in [0.717, 1.165) is 33.8 Å². The van der Waals surface area contributed by atoms with Crippen LogP contribution in [-0.4, -0.2) is 26.1 Å². The summed E-state index contributed by atoms with van der Waals surface area (Å²) in [6, 6.07) is 0. The molecule has 9 heteroatoms. The molecule has 0 saturated carbocycles. The zero-order valence-electron chi connectivity index (χ0n) is 16.8. The molecule has 2 N–H and O–H groups in total. The molecule has 0 aliphatic heterocycles. The molecule has 0 fully saturated rings. The van der Waals surface area contributed by atoms with Crippen molar-refractivity contribution in [1.29, 1.82) is 0 Å². The Kier molecular flexibility index (Phi) is 6.08. The molecule has 1 amide bonds. The number of hydrogen-bond acceptors (Lipinski definition) is 7. The zero-order valence-corrected chi connectivity index (χ0v) is 19.2. The predicted molar refractivity (Wildman–Crippen MR) is 122 cm³/mol. The van der Waals surface area contributed by atoms with Crippen LogP contribution in [0.5, 0.6) is 0 Å². The van der Waals surface area contributed by atoms with E-state index < -0.39 is 0 Å². The third-order valence-electron chi connectivity index (χ3n) is 5.25. The Bertz CT molecular complexity index is 1090. The lowest BCUT2D eigenvalue weighted by Gasteiger charge is -2.10. The number of aromatic amines is 1.